The molecule has 0 spiro atoms. The fraction of sp³-hybridized carbons (Fsp3) is 0.273. The number of benzene rings is 2. The van der Waals surface area contributed by atoms with Crippen LogP contribution in [0.25, 0.3) is 10.6 Å². The SMILES string of the molecule is CCc1ccc(S(=O)(=O)NCCCc2csc(-c3ccc(F)cc3)n2)cc1C(=O)OC. The van der Waals surface area contributed by atoms with E-state index in [1.165, 1.54) is 42.7 Å². The number of ether oxygens (including phenoxy) is 1. The van der Waals surface area contributed by atoms with Crippen LogP contribution in [0, 0.1) is 5.82 Å². The topological polar surface area (TPSA) is 85.4 Å². The molecule has 9 heteroatoms. The lowest BCUT2D eigenvalue weighted by Gasteiger charge is -2.10. The monoisotopic (exact) mass is 462 g/mol. The average Bonchev–Trinajstić information content (AvgIpc) is 3.25. The minimum absolute atomic E-state index is 0.0253. The van der Waals surface area contributed by atoms with Gasteiger partial charge in [0.25, 0.3) is 0 Å². The van der Waals surface area contributed by atoms with Crippen molar-refractivity contribution >= 4 is 27.3 Å². The normalized spacial score (nSPS) is 11.5. The molecule has 31 heavy (non-hydrogen) atoms. The number of methoxy groups -OCH3 is 1. The summed E-state index contributed by atoms with van der Waals surface area (Å²) in [7, 11) is -2.49. The molecule has 0 saturated carbocycles. The van der Waals surface area contributed by atoms with Crippen LogP contribution in [-0.4, -0.2) is 33.0 Å². The highest BCUT2D eigenvalue weighted by Gasteiger charge is 2.19. The van der Waals surface area contributed by atoms with Crippen LogP contribution in [0.4, 0.5) is 4.39 Å². The van der Waals surface area contributed by atoms with Gasteiger partial charge in [-0.1, -0.05) is 13.0 Å². The van der Waals surface area contributed by atoms with Crippen molar-refractivity contribution in [3.63, 3.8) is 0 Å². The number of nitrogens with zero attached hydrogens (tertiary/aromatic N) is 1. The molecule has 3 rings (SSSR count). The predicted molar refractivity (Wildman–Crippen MR) is 118 cm³/mol. The molecule has 0 fully saturated rings. The number of aromatic nitrogens is 1. The molecule has 0 aliphatic carbocycles. The van der Waals surface area contributed by atoms with Crippen molar-refractivity contribution < 1.29 is 22.3 Å². The maximum Gasteiger partial charge on any atom is 0.338 e. The number of hydrogen-bond donors (Lipinski definition) is 1. The van der Waals surface area contributed by atoms with E-state index in [4.69, 9.17) is 4.74 Å². The van der Waals surface area contributed by atoms with Gasteiger partial charge in [-0.2, -0.15) is 0 Å². The van der Waals surface area contributed by atoms with Gasteiger partial charge in [0, 0.05) is 17.5 Å². The van der Waals surface area contributed by atoms with Crippen LogP contribution in [0.3, 0.4) is 0 Å². The number of halogens is 1. The van der Waals surface area contributed by atoms with Crippen LogP contribution in [0.5, 0.6) is 0 Å². The predicted octanol–water partition coefficient (Wildman–Crippen LogP) is 4.21. The molecule has 3 aromatic rings. The van der Waals surface area contributed by atoms with Crippen LogP contribution >= 0.6 is 11.3 Å². The maximum atomic E-state index is 13.1. The Hall–Kier alpha value is -2.62. The van der Waals surface area contributed by atoms with E-state index >= 15 is 0 Å². The fourth-order valence-corrected chi connectivity index (χ4v) is 5.00. The zero-order valence-corrected chi connectivity index (χ0v) is 18.9. The summed E-state index contributed by atoms with van der Waals surface area (Å²) in [5, 5.41) is 2.71. The number of nitrogens with one attached hydrogen (secondary N) is 1. The average molecular weight is 463 g/mol. The molecule has 0 amide bonds. The molecular weight excluding hydrogens is 439 g/mol. The quantitative estimate of drug-likeness (QED) is 0.380. The van der Waals surface area contributed by atoms with Gasteiger partial charge in [0.1, 0.15) is 10.8 Å². The van der Waals surface area contributed by atoms with Crippen LogP contribution in [0.1, 0.15) is 35.0 Å². The summed E-state index contributed by atoms with van der Waals surface area (Å²) >= 11 is 1.46. The summed E-state index contributed by atoms with van der Waals surface area (Å²) in [5.74, 6) is -0.856. The largest absolute Gasteiger partial charge is 0.465 e. The molecule has 0 saturated heterocycles. The van der Waals surface area contributed by atoms with Crippen molar-refractivity contribution in [2.24, 2.45) is 0 Å². The molecule has 0 radical (unpaired) electrons. The van der Waals surface area contributed by atoms with Crippen molar-refractivity contribution in [2.45, 2.75) is 31.1 Å². The molecule has 1 N–H and O–H groups in total. The van der Waals surface area contributed by atoms with Crippen molar-refractivity contribution in [3.8, 4) is 10.6 Å². The number of aryl methyl sites for hydroxylation is 2. The van der Waals surface area contributed by atoms with E-state index in [1.807, 2.05) is 12.3 Å². The molecule has 0 aliphatic heterocycles. The standard InChI is InChI=1S/C22H23FN2O4S2/c1-3-15-8-11-19(13-20(15)22(26)29-2)31(27,28)24-12-4-5-18-14-30-21(25-18)16-6-9-17(23)10-7-16/h6-11,13-14,24H,3-5,12H2,1-2H3. The number of rotatable bonds is 9. The van der Waals surface area contributed by atoms with Crippen LogP contribution in [-0.2, 0) is 27.6 Å². The van der Waals surface area contributed by atoms with E-state index in [9.17, 15) is 17.6 Å². The lowest BCUT2D eigenvalue weighted by molar-refractivity contribution is 0.0599. The lowest BCUT2D eigenvalue weighted by Crippen LogP contribution is -2.25. The third kappa shape index (κ3) is 5.75. The Morgan fingerprint density at radius 1 is 1.19 bits per heavy atom. The zero-order chi connectivity index (χ0) is 22.4. The number of hydrogen-bond acceptors (Lipinski definition) is 6. The zero-order valence-electron chi connectivity index (χ0n) is 17.2. The molecule has 164 valence electrons. The maximum absolute atomic E-state index is 13.1. The van der Waals surface area contributed by atoms with E-state index in [1.54, 1.807) is 18.2 Å². The van der Waals surface area contributed by atoms with Gasteiger partial charge < -0.3 is 4.74 Å². The Morgan fingerprint density at radius 2 is 1.94 bits per heavy atom. The van der Waals surface area contributed by atoms with Gasteiger partial charge in [-0.15, -0.1) is 11.3 Å². The van der Waals surface area contributed by atoms with Gasteiger partial charge in [-0.25, -0.2) is 27.3 Å². The Morgan fingerprint density at radius 3 is 2.61 bits per heavy atom. The lowest BCUT2D eigenvalue weighted by atomic mass is 10.1. The summed E-state index contributed by atoms with van der Waals surface area (Å²) in [4.78, 5) is 16.5. The molecule has 0 atom stereocenters. The summed E-state index contributed by atoms with van der Waals surface area (Å²) in [6, 6.07) is 10.6. The van der Waals surface area contributed by atoms with E-state index in [2.05, 4.69) is 9.71 Å². The first-order valence-corrected chi connectivity index (χ1v) is 12.1. The summed E-state index contributed by atoms with van der Waals surface area (Å²) < 4.78 is 45.6. The third-order valence-corrected chi connectivity index (χ3v) is 7.12. The van der Waals surface area contributed by atoms with Crippen molar-refractivity contribution in [2.75, 3.05) is 13.7 Å². The Kier molecular flexibility index (Phi) is 7.53. The van der Waals surface area contributed by atoms with E-state index in [0.717, 1.165) is 21.8 Å². The molecule has 0 unspecified atom stereocenters. The summed E-state index contributed by atoms with van der Waals surface area (Å²) in [6.07, 6.45) is 1.75. The number of carbonyl (C=O) groups is 1. The van der Waals surface area contributed by atoms with Gasteiger partial charge in [0.15, 0.2) is 0 Å². The van der Waals surface area contributed by atoms with Crippen LogP contribution < -0.4 is 4.72 Å². The highest BCUT2D eigenvalue weighted by Crippen LogP contribution is 2.24. The first kappa shape index (κ1) is 23.1. The highest BCUT2D eigenvalue weighted by atomic mass is 32.2. The second kappa shape index (κ2) is 10.1. The van der Waals surface area contributed by atoms with Crippen molar-refractivity contribution in [1.82, 2.24) is 9.71 Å². The number of esters is 1. The first-order valence-electron chi connectivity index (χ1n) is 9.75. The smallest absolute Gasteiger partial charge is 0.338 e. The van der Waals surface area contributed by atoms with Gasteiger partial charge in [-0.3, -0.25) is 0 Å². The van der Waals surface area contributed by atoms with Gasteiger partial charge in [-0.05, 0) is 61.2 Å². The Labute approximate surface area is 185 Å². The second-order valence-electron chi connectivity index (χ2n) is 6.82. The number of thiazole rings is 1. The minimum Gasteiger partial charge on any atom is -0.465 e. The van der Waals surface area contributed by atoms with Gasteiger partial charge in [0.2, 0.25) is 10.0 Å². The van der Waals surface area contributed by atoms with E-state index in [0.29, 0.717) is 19.3 Å². The summed E-state index contributed by atoms with van der Waals surface area (Å²) in [5.41, 5.74) is 2.68. The van der Waals surface area contributed by atoms with Gasteiger partial charge >= 0.3 is 5.97 Å². The van der Waals surface area contributed by atoms with Crippen LogP contribution in [0.15, 0.2) is 52.7 Å². The molecule has 0 bridgehead atoms. The molecule has 0 aliphatic rings. The molecule has 1 heterocycles. The molecular formula is C22H23FN2O4S2. The fourth-order valence-electron chi connectivity index (χ4n) is 3.04. The summed E-state index contributed by atoms with van der Waals surface area (Å²) in [6.45, 7) is 2.11. The number of carbonyl (C=O) groups excluding carboxylic acids is 1. The second-order valence-corrected chi connectivity index (χ2v) is 9.44. The minimum atomic E-state index is -3.76. The van der Waals surface area contributed by atoms with E-state index < -0.39 is 16.0 Å². The van der Waals surface area contributed by atoms with Crippen molar-refractivity contribution in [3.05, 3.63) is 70.5 Å². The van der Waals surface area contributed by atoms with Crippen molar-refractivity contribution in [1.29, 1.82) is 0 Å². The first-order chi connectivity index (χ1) is 14.8. The molecule has 1 aromatic heterocycles. The Balaban J connectivity index is 1.59. The molecule has 2 aromatic carbocycles. The number of sulfonamides is 1. The molecule has 6 nitrogen and oxygen atoms in total. The highest BCUT2D eigenvalue weighted by molar-refractivity contribution is 7.89. The van der Waals surface area contributed by atoms with E-state index in [-0.39, 0.29) is 22.8 Å². The Bertz CT molecular complexity index is 1160. The third-order valence-electron chi connectivity index (χ3n) is 4.72. The van der Waals surface area contributed by atoms with Gasteiger partial charge in [0.05, 0.1) is 23.3 Å². The van der Waals surface area contributed by atoms with Crippen LogP contribution in [0.2, 0.25) is 0 Å².